The van der Waals surface area contributed by atoms with Crippen LogP contribution in [0.25, 0.3) is 0 Å². The number of carbonyl (C=O) groups excluding carboxylic acids is 1. The van der Waals surface area contributed by atoms with Crippen molar-refractivity contribution in [1.82, 2.24) is 9.80 Å². The fraction of sp³-hybridized carbons (Fsp3) is 0.467. The third-order valence-corrected chi connectivity index (χ3v) is 4.64. The molecule has 4 nitrogen and oxygen atoms in total. The Kier molecular flexibility index (Phi) is 3.77. The van der Waals surface area contributed by atoms with E-state index in [-0.39, 0.29) is 5.91 Å². The van der Waals surface area contributed by atoms with Gasteiger partial charge in [0, 0.05) is 30.1 Å². The molecule has 2 fully saturated rings. The highest BCUT2D eigenvalue weighted by atomic mass is 79.9. The Labute approximate surface area is 127 Å². The molecule has 0 aromatic heterocycles. The van der Waals surface area contributed by atoms with Crippen LogP contribution in [-0.4, -0.2) is 41.4 Å². The molecule has 3 rings (SSSR count). The van der Waals surface area contributed by atoms with Gasteiger partial charge in [0.2, 0.25) is 5.91 Å². The highest BCUT2D eigenvalue weighted by Gasteiger charge is 2.35. The second-order valence-electron chi connectivity index (χ2n) is 5.45. The molecule has 1 saturated heterocycles. The van der Waals surface area contributed by atoms with Gasteiger partial charge in [0.25, 0.3) is 0 Å². The number of hydrogen-bond donors (Lipinski definition) is 0. The average Bonchev–Trinajstić information content (AvgIpc) is 3.25. The molecule has 20 heavy (non-hydrogen) atoms. The first kappa shape index (κ1) is 13.6. The number of carbonyl (C=O) groups is 1. The molecule has 0 unspecified atom stereocenters. The lowest BCUT2D eigenvalue weighted by atomic mass is 10.1. The van der Waals surface area contributed by atoms with E-state index in [2.05, 4.69) is 26.9 Å². The van der Waals surface area contributed by atoms with Gasteiger partial charge in [-0.3, -0.25) is 9.69 Å². The fourth-order valence-electron chi connectivity index (χ4n) is 2.63. The van der Waals surface area contributed by atoms with Crippen molar-refractivity contribution in [3.8, 4) is 6.07 Å². The molecule has 0 radical (unpaired) electrons. The molecule has 0 bridgehead atoms. The zero-order chi connectivity index (χ0) is 14.1. The monoisotopic (exact) mass is 333 g/mol. The summed E-state index contributed by atoms with van der Waals surface area (Å²) in [6.45, 7) is 3.02. The van der Waals surface area contributed by atoms with E-state index in [0.717, 1.165) is 29.7 Å². The standard InChI is InChI=1S/C15H16BrN3O/c16-14-7-11(8-17)1-2-12(14)9-18-5-6-19(13-3-4-13)15(20)10-18/h1-2,7,13H,3-6,9-10H2. The maximum Gasteiger partial charge on any atom is 0.237 e. The highest BCUT2D eigenvalue weighted by Crippen LogP contribution is 2.28. The fourth-order valence-corrected chi connectivity index (χ4v) is 3.13. The van der Waals surface area contributed by atoms with Gasteiger partial charge >= 0.3 is 0 Å². The molecule has 0 N–H and O–H groups in total. The van der Waals surface area contributed by atoms with Gasteiger partial charge in [-0.1, -0.05) is 22.0 Å². The molecule has 1 aliphatic carbocycles. The molecule has 104 valence electrons. The number of piperazine rings is 1. The van der Waals surface area contributed by atoms with E-state index in [1.54, 1.807) is 0 Å². The minimum absolute atomic E-state index is 0.253. The number of halogens is 1. The van der Waals surface area contributed by atoms with Crippen molar-refractivity contribution in [3.63, 3.8) is 0 Å². The normalized spacial score (nSPS) is 20.0. The summed E-state index contributed by atoms with van der Waals surface area (Å²) in [6.07, 6.45) is 2.35. The second kappa shape index (κ2) is 5.55. The van der Waals surface area contributed by atoms with Crippen LogP contribution in [0.4, 0.5) is 0 Å². The lowest BCUT2D eigenvalue weighted by Gasteiger charge is -2.34. The van der Waals surface area contributed by atoms with E-state index in [1.807, 2.05) is 23.1 Å². The van der Waals surface area contributed by atoms with E-state index in [1.165, 1.54) is 12.8 Å². The maximum atomic E-state index is 12.1. The summed E-state index contributed by atoms with van der Waals surface area (Å²) in [5.41, 5.74) is 1.77. The molecular formula is C15H16BrN3O. The van der Waals surface area contributed by atoms with Crippen LogP contribution in [0.15, 0.2) is 22.7 Å². The van der Waals surface area contributed by atoms with Gasteiger partial charge in [0.05, 0.1) is 18.2 Å². The first-order chi connectivity index (χ1) is 9.67. The molecule has 1 aromatic carbocycles. The molecule has 1 amide bonds. The van der Waals surface area contributed by atoms with Gasteiger partial charge in [-0.15, -0.1) is 0 Å². The summed E-state index contributed by atoms with van der Waals surface area (Å²) in [4.78, 5) is 16.3. The van der Waals surface area contributed by atoms with Gasteiger partial charge in [-0.25, -0.2) is 0 Å². The maximum absolute atomic E-state index is 12.1. The summed E-state index contributed by atoms with van der Waals surface area (Å²) in [6, 6.07) is 8.26. The number of nitriles is 1. The smallest absolute Gasteiger partial charge is 0.237 e. The van der Waals surface area contributed by atoms with Gasteiger partial charge in [0.1, 0.15) is 0 Å². The first-order valence-electron chi connectivity index (χ1n) is 6.88. The van der Waals surface area contributed by atoms with E-state index < -0.39 is 0 Å². The Bertz CT molecular complexity index is 577. The van der Waals surface area contributed by atoms with Crippen molar-refractivity contribution in [3.05, 3.63) is 33.8 Å². The van der Waals surface area contributed by atoms with E-state index >= 15 is 0 Å². The molecule has 1 aromatic rings. The molecule has 1 saturated carbocycles. The van der Waals surface area contributed by atoms with Crippen LogP contribution in [0.1, 0.15) is 24.0 Å². The lowest BCUT2D eigenvalue weighted by molar-refractivity contribution is -0.136. The van der Waals surface area contributed by atoms with Crippen molar-refractivity contribution in [2.45, 2.75) is 25.4 Å². The zero-order valence-electron chi connectivity index (χ0n) is 11.2. The summed E-state index contributed by atoms with van der Waals surface area (Å²) >= 11 is 3.50. The molecule has 5 heteroatoms. The van der Waals surface area contributed by atoms with Crippen LogP contribution >= 0.6 is 15.9 Å². The summed E-state index contributed by atoms with van der Waals surface area (Å²) in [7, 11) is 0. The van der Waals surface area contributed by atoms with Crippen molar-refractivity contribution in [2.75, 3.05) is 19.6 Å². The largest absolute Gasteiger partial charge is 0.337 e. The first-order valence-corrected chi connectivity index (χ1v) is 7.67. The van der Waals surface area contributed by atoms with Crippen molar-refractivity contribution < 1.29 is 4.79 Å². The quantitative estimate of drug-likeness (QED) is 0.851. The lowest BCUT2D eigenvalue weighted by Crippen LogP contribution is -2.50. The Balaban J connectivity index is 1.64. The van der Waals surface area contributed by atoms with E-state index in [9.17, 15) is 4.79 Å². The summed E-state index contributed by atoms with van der Waals surface area (Å²) < 4.78 is 0.939. The number of nitrogens with zero attached hydrogens (tertiary/aromatic N) is 3. The minimum atomic E-state index is 0.253. The predicted octanol–water partition coefficient (Wildman–Crippen LogP) is 2.13. The molecule has 0 atom stereocenters. The van der Waals surface area contributed by atoms with Crippen LogP contribution in [0.5, 0.6) is 0 Å². The van der Waals surface area contributed by atoms with Gasteiger partial charge in [-0.2, -0.15) is 5.26 Å². The second-order valence-corrected chi connectivity index (χ2v) is 6.30. The van der Waals surface area contributed by atoms with Gasteiger partial charge < -0.3 is 4.90 Å². The molecule has 1 heterocycles. The highest BCUT2D eigenvalue weighted by molar-refractivity contribution is 9.10. The third kappa shape index (κ3) is 2.87. The van der Waals surface area contributed by atoms with Crippen molar-refractivity contribution >= 4 is 21.8 Å². The van der Waals surface area contributed by atoms with Crippen molar-refractivity contribution in [1.29, 1.82) is 5.26 Å². The van der Waals surface area contributed by atoms with Gasteiger partial charge in [-0.05, 0) is 30.5 Å². The Morgan fingerprint density at radius 3 is 2.75 bits per heavy atom. The summed E-state index contributed by atoms with van der Waals surface area (Å²) in [5.74, 6) is 0.253. The number of rotatable bonds is 3. The van der Waals surface area contributed by atoms with Crippen LogP contribution in [-0.2, 0) is 11.3 Å². The topological polar surface area (TPSA) is 47.3 Å². The summed E-state index contributed by atoms with van der Waals surface area (Å²) in [5, 5.41) is 8.86. The SMILES string of the molecule is N#Cc1ccc(CN2CCN(C3CC3)C(=O)C2)c(Br)c1. The molecule has 2 aliphatic rings. The number of hydrogen-bond acceptors (Lipinski definition) is 3. The van der Waals surface area contributed by atoms with E-state index in [0.29, 0.717) is 18.2 Å². The third-order valence-electron chi connectivity index (χ3n) is 3.90. The predicted molar refractivity (Wildman–Crippen MR) is 78.9 cm³/mol. The van der Waals surface area contributed by atoms with Gasteiger partial charge in [0.15, 0.2) is 0 Å². The van der Waals surface area contributed by atoms with Crippen LogP contribution < -0.4 is 0 Å². The Morgan fingerprint density at radius 2 is 2.15 bits per heavy atom. The van der Waals surface area contributed by atoms with Crippen molar-refractivity contribution in [2.24, 2.45) is 0 Å². The molecule has 1 aliphatic heterocycles. The minimum Gasteiger partial charge on any atom is -0.337 e. The van der Waals surface area contributed by atoms with Crippen LogP contribution in [0.2, 0.25) is 0 Å². The zero-order valence-corrected chi connectivity index (χ0v) is 12.8. The Hall–Kier alpha value is -1.38. The number of amides is 1. The Morgan fingerprint density at radius 1 is 1.35 bits per heavy atom. The molecular weight excluding hydrogens is 318 g/mol. The average molecular weight is 334 g/mol. The van der Waals surface area contributed by atoms with E-state index in [4.69, 9.17) is 5.26 Å². The van der Waals surface area contributed by atoms with Crippen LogP contribution in [0.3, 0.4) is 0 Å². The van der Waals surface area contributed by atoms with Crippen LogP contribution in [0, 0.1) is 11.3 Å². The molecule has 0 spiro atoms. The number of benzene rings is 1.